The summed E-state index contributed by atoms with van der Waals surface area (Å²) in [7, 11) is 7.78. The van der Waals surface area contributed by atoms with E-state index in [9.17, 15) is 14.7 Å². The van der Waals surface area contributed by atoms with Crippen molar-refractivity contribution in [1.29, 1.82) is 0 Å². The molecular weight excluding hydrogens is 701 g/mol. The largest absolute Gasteiger partial charge is 0.457 e. The Bertz CT molecular complexity index is 1810. The van der Waals surface area contributed by atoms with Gasteiger partial charge in [-0.2, -0.15) is 0 Å². The zero-order chi connectivity index (χ0) is 37.4. The zero-order valence-corrected chi connectivity index (χ0v) is 32.0. The molecule has 5 rings (SSSR count). The number of aliphatic hydroxyl groups excluding tert-OH is 1. The molecule has 0 saturated carbocycles. The number of amides is 2. The minimum atomic E-state index is -1.10. The Labute approximate surface area is 316 Å². The molecule has 0 spiro atoms. The first kappa shape index (κ1) is 39.2. The van der Waals surface area contributed by atoms with Crippen LogP contribution in [0.25, 0.3) is 11.3 Å². The standard InChI is InChI=1S/C39H49Cl2N7O4/c1-26(37(50)45-33(24-49)38(51)48(5)39(17-6-18-42-25-39)20-27-7-12-30(40)13-8-27)43-21-29-9-14-31(41)19-35(29)52-32-15-10-28(11-16-32)34-22-44-36(47(34)4)23-46(2)3/h7-16,19,22,26,33,42-43,49H,6,17-18,20-21,23-25H2,1-5H3,(H,45,50)/t26-,33-,39+/m0/s1. The quantitative estimate of drug-likeness (QED) is 0.134. The summed E-state index contributed by atoms with van der Waals surface area (Å²) in [6.07, 6.45) is 4.17. The monoisotopic (exact) mass is 749 g/mol. The molecule has 52 heavy (non-hydrogen) atoms. The van der Waals surface area contributed by atoms with Crippen LogP contribution in [0.2, 0.25) is 10.0 Å². The SMILES string of the molecule is C[C@H](NCc1ccc(Cl)cc1Oc1ccc(-c2cnc(CN(C)C)n2C)cc1)C(=O)N[C@@H](CO)C(=O)N(C)[C@@]1(Cc2ccc(Cl)cc2)CCCNC1. The summed E-state index contributed by atoms with van der Waals surface area (Å²) in [5, 5.41) is 20.9. The molecule has 0 unspecified atom stereocenters. The van der Waals surface area contributed by atoms with E-state index in [2.05, 4.69) is 30.4 Å². The molecule has 4 N–H and O–H groups in total. The van der Waals surface area contributed by atoms with Crippen molar-refractivity contribution in [3.05, 3.63) is 99.9 Å². The second-order valence-electron chi connectivity index (χ2n) is 13.8. The molecule has 0 bridgehead atoms. The number of rotatable bonds is 15. The first-order chi connectivity index (χ1) is 24.9. The van der Waals surface area contributed by atoms with Crippen molar-refractivity contribution in [1.82, 2.24) is 35.3 Å². The van der Waals surface area contributed by atoms with Crippen LogP contribution in [0, 0.1) is 0 Å². The van der Waals surface area contributed by atoms with Gasteiger partial charge in [0.25, 0.3) is 0 Å². The van der Waals surface area contributed by atoms with E-state index in [4.69, 9.17) is 27.9 Å². The predicted octanol–water partition coefficient (Wildman–Crippen LogP) is 5.03. The lowest BCUT2D eigenvalue weighted by Crippen LogP contribution is -2.63. The number of piperidine rings is 1. The van der Waals surface area contributed by atoms with Gasteiger partial charge in [-0.3, -0.25) is 9.59 Å². The Hall–Kier alpha value is -3.97. The Balaban J connectivity index is 1.20. The highest BCUT2D eigenvalue weighted by Crippen LogP contribution is 2.31. The summed E-state index contributed by atoms with van der Waals surface area (Å²) >= 11 is 12.5. The fourth-order valence-corrected chi connectivity index (χ4v) is 6.82. The molecule has 1 aliphatic rings. The van der Waals surface area contributed by atoms with E-state index < -0.39 is 30.1 Å². The van der Waals surface area contributed by atoms with Crippen LogP contribution in [-0.2, 0) is 36.1 Å². The average molecular weight is 751 g/mol. The molecule has 1 fully saturated rings. The number of carbonyl (C=O) groups excluding carboxylic acids is 2. The van der Waals surface area contributed by atoms with E-state index in [1.165, 1.54) is 0 Å². The van der Waals surface area contributed by atoms with Crippen molar-refractivity contribution >= 4 is 35.0 Å². The topological polar surface area (TPSA) is 124 Å². The van der Waals surface area contributed by atoms with Crippen LogP contribution in [0.5, 0.6) is 11.5 Å². The number of hydrogen-bond acceptors (Lipinski definition) is 8. The molecule has 0 aliphatic carbocycles. The number of ether oxygens (including phenoxy) is 1. The van der Waals surface area contributed by atoms with Gasteiger partial charge in [0.2, 0.25) is 11.8 Å². The van der Waals surface area contributed by atoms with Gasteiger partial charge in [0, 0.05) is 48.4 Å². The molecule has 2 amide bonds. The number of aliphatic hydroxyl groups is 1. The number of nitrogens with zero attached hydrogens (tertiary/aromatic N) is 4. The maximum Gasteiger partial charge on any atom is 0.247 e. The van der Waals surface area contributed by atoms with Crippen molar-refractivity contribution in [3.8, 4) is 22.8 Å². The number of imidazole rings is 1. The third-order valence-electron chi connectivity index (χ3n) is 9.68. The molecular formula is C39H49Cl2N7O4. The van der Waals surface area contributed by atoms with Crippen LogP contribution < -0.4 is 20.7 Å². The van der Waals surface area contributed by atoms with E-state index in [1.54, 1.807) is 31.0 Å². The van der Waals surface area contributed by atoms with Gasteiger partial charge in [-0.1, -0.05) is 41.4 Å². The third-order valence-corrected chi connectivity index (χ3v) is 10.2. The lowest BCUT2D eigenvalue weighted by molar-refractivity contribution is -0.142. The molecule has 1 saturated heterocycles. The zero-order valence-electron chi connectivity index (χ0n) is 30.5. The van der Waals surface area contributed by atoms with Gasteiger partial charge < -0.3 is 40.2 Å². The van der Waals surface area contributed by atoms with E-state index in [0.29, 0.717) is 34.5 Å². The van der Waals surface area contributed by atoms with Gasteiger partial charge >= 0.3 is 0 Å². The molecule has 3 atom stereocenters. The van der Waals surface area contributed by atoms with E-state index >= 15 is 0 Å². The summed E-state index contributed by atoms with van der Waals surface area (Å²) < 4.78 is 8.35. The molecule has 1 aliphatic heterocycles. The number of likely N-dealkylation sites (N-methyl/N-ethyl adjacent to an activating group) is 1. The van der Waals surface area contributed by atoms with Crippen LogP contribution >= 0.6 is 23.2 Å². The molecule has 1 aromatic heterocycles. The number of halogens is 2. The Morgan fingerprint density at radius 3 is 2.42 bits per heavy atom. The first-order valence-electron chi connectivity index (χ1n) is 17.5. The highest BCUT2D eigenvalue weighted by molar-refractivity contribution is 6.31. The van der Waals surface area contributed by atoms with Crippen LogP contribution in [0.15, 0.2) is 72.9 Å². The van der Waals surface area contributed by atoms with Gasteiger partial charge in [-0.05, 0) is 101 Å². The van der Waals surface area contributed by atoms with Crippen molar-refractivity contribution in [2.45, 2.75) is 56.9 Å². The van der Waals surface area contributed by atoms with Gasteiger partial charge in [0.1, 0.15) is 23.4 Å². The summed E-state index contributed by atoms with van der Waals surface area (Å²) in [6, 6.07) is 18.9. The van der Waals surface area contributed by atoms with Gasteiger partial charge in [-0.15, -0.1) is 0 Å². The summed E-state index contributed by atoms with van der Waals surface area (Å²) in [5.74, 6) is 1.39. The Morgan fingerprint density at radius 1 is 1.06 bits per heavy atom. The third kappa shape index (κ3) is 9.71. The molecule has 4 aromatic rings. The minimum absolute atomic E-state index is 0.288. The smallest absolute Gasteiger partial charge is 0.247 e. The average Bonchev–Trinajstić information content (AvgIpc) is 3.49. The lowest BCUT2D eigenvalue weighted by atomic mass is 9.82. The van der Waals surface area contributed by atoms with Crippen LogP contribution in [0.3, 0.4) is 0 Å². The maximum atomic E-state index is 13.8. The summed E-state index contributed by atoms with van der Waals surface area (Å²) in [5.41, 5.74) is 3.33. The van der Waals surface area contributed by atoms with Crippen molar-refractivity contribution in [2.75, 3.05) is 40.8 Å². The second kappa shape index (κ2) is 17.7. The highest BCUT2D eigenvalue weighted by atomic mass is 35.5. The number of hydrogen-bond donors (Lipinski definition) is 4. The van der Waals surface area contributed by atoms with Crippen molar-refractivity contribution < 1.29 is 19.4 Å². The lowest BCUT2D eigenvalue weighted by Gasteiger charge is -2.46. The first-order valence-corrected chi connectivity index (χ1v) is 18.2. The van der Waals surface area contributed by atoms with Crippen molar-refractivity contribution in [2.24, 2.45) is 7.05 Å². The Kier molecular flexibility index (Phi) is 13.4. The molecule has 13 heteroatoms. The number of benzene rings is 3. The summed E-state index contributed by atoms with van der Waals surface area (Å²) in [6.45, 7) is 3.67. The van der Waals surface area contributed by atoms with Crippen LogP contribution in [-0.4, -0.2) is 94.7 Å². The molecule has 2 heterocycles. The summed E-state index contributed by atoms with van der Waals surface area (Å²) in [4.78, 5) is 35.5. The normalized spacial score (nSPS) is 17.1. The highest BCUT2D eigenvalue weighted by Gasteiger charge is 2.41. The maximum absolute atomic E-state index is 13.8. The fourth-order valence-electron chi connectivity index (χ4n) is 6.53. The van der Waals surface area contributed by atoms with Crippen molar-refractivity contribution in [3.63, 3.8) is 0 Å². The fraction of sp³-hybridized carbons (Fsp3) is 0.410. The molecule has 0 radical (unpaired) electrons. The molecule has 3 aromatic carbocycles. The van der Waals surface area contributed by atoms with E-state index in [0.717, 1.165) is 54.1 Å². The number of nitrogens with one attached hydrogen (secondary N) is 3. The van der Waals surface area contributed by atoms with Crippen LogP contribution in [0.1, 0.15) is 36.7 Å². The van der Waals surface area contributed by atoms with E-state index in [1.807, 2.05) is 81.9 Å². The second-order valence-corrected chi connectivity index (χ2v) is 14.7. The number of aromatic nitrogens is 2. The molecule has 11 nitrogen and oxygen atoms in total. The molecule has 278 valence electrons. The number of carbonyl (C=O) groups is 2. The van der Waals surface area contributed by atoms with Crippen LogP contribution in [0.4, 0.5) is 0 Å². The van der Waals surface area contributed by atoms with Gasteiger partial charge in [0.15, 0.2) is 0 Å². The van der Waals surface area contributed by atoms with Gasteiger partial charge in [-0.25, -0.2) is 4.98 Å². The van der Waals surface area contributed by atoms with Gasteiger partial charge in [0.05, 0.1) is 36.6 Å². The Morgan fingerprint density at radius 2 is 1.77 bits per heavy atom. The van der Waals surface area contributed by atoms with E-state index in [-0.39, 0.29) is 12.5 Å². The minimum Gasteiger partial charge on any atom is -0.457 e. The predicted molar refractivity (Wildman–Crippen MR) is 206 cm³/mol.